The third-order valence-corrected chi connectivity index (χ3v) is 5.08. The lowest BCUT2D eigenvalue weighted by molar-refractivity contribution is 0.319. The molecule has 6 heteroatoms. The lowest BCUT2D eigenvalue weighted by Crippen LogP contribution is -2.27. The molecule has 0 radical (unpaired) electrons. The quantitative estimate of drug-likeness (QED) is 0.835. The van der Waals surface area contributed by atoms with Gasteiger partial charge in [0.15, 0.2) is 0 Å². The van der Waals surface area contributed by atoms with Gasteiger partial charge in [0.1, 0.15) is 11.4 Å². The van der Waals surface area contributed by atoms with E-state index in [9.17, 15) is 5.02 Å². The van der Waals surface area contributed by atoms with Gasteiger partial charge >= 0.3 is 7.12 Å². The average molecular weight is 307 g/mol. The third-order valence-electron chi connectivity index (χ3n) is 5.08. The molecule has 1 fully saturated rings. The van der Waals surface area contributed by atoms with Crippen LogP contribution in [0.4, 0.5) is 0 Å². The maximum absolute atomic E-state index is 10.0. The van der Waals surface area contributed by atoms with Gasteiger partial charge in [-0.05, 0) is 55.1 Å². The molecule has 2 aliphatic rings. The van der Waals surface area contributed by atoms with E-state index < -0.39 is 7.12 Å². The molecule has 4 rings (SSSR count). The summed E-state index contributed by atoms with van der Waals surface area (Å²) in [7, 11) is -0.910. The Labute approximate surface area is 135 Å². The Balaban J connectivity index is 1.69. The summed E-state index contributed by atoms with van der Waals surface area (Å²) in [6.07, 6.45) is 8.47. The molecule has 1 aliphatic heterocycles. The molecule has 2 aromatic heterocycles. The van der Waals surface area contributed by atoms with Crippen LogP contribution in [0.3, 0.4) is 0 Å². The van der Waals surface area contributed by atoms with Crippen molar-refractivity contribution >= 4 is 23.7 Å². The van der Waals surface area contributed by atoms with E-state index in [-0.39, 0.29) is 0 Å². The first-order valence-corrected chi connectivity index (χ1v) is 8.16. The van der Waals surface area contributed by atoms with Crippen LogP contribution in [0.15, 0.2) is 24.4 Å². The topological polar surface area (TPSA) is 81.9 Å². The Kier molecular flexibility index (Phi) is 3.58. The normalized spacial score (nSPS) is 23.8. The molecule has 0 bridgehead atoms. The zero-order valence-corrected chi connectivity index (χ0v) is 12.8. The number of fused-ring (bicyclic) bond motifs is 3. The smallest absolute Gasteiger partial charge is 0.531 e. The maximum Gasteiger partial charge on any atom is 0.552 e. The van der Waals surface area contributed by atoms with Crippen LogP contribution in [-0.2, 0) is 0 Å². The number of aromatic amines is 1. The fourth-order valence-corrected chi connectivity index (χ4v) is 3.92. The Morgan fingerprint density at radius 3 is 3.00 bits per heavy atom. The van der Waals surface area contributed by atoms with Crippen molar-refractivity contribution in [3.63, 3.8) is 0 Å². The van der Waals surface area contributed by atoms with Gasteiger partial charge in [0, 0.05) is 23.6 Å². The van der Waals surface area contributed by atoms with Crippen LogP contribution in [0.2, 0.25) is 0 Å². The molecule has 5 nitrogen and oxygen atoms in total. The van der Waals surface area contributed by atoms with E-state index in [1.54, 1.807) is 6.20 Å². The van der Waals surface area contributed by atoms with E-state index in [0.29, 0.717) is 24.0 Å². The fourth-order valence-electron chi connectivity index (χ4n) is 3.92. The first-order chi connectivity index (χ1) is 11.3. The number of rotatable bonds is 2. The van der Waals surface area contributed by atoms with Crippen LogP contribution in [0, 0.1) is 23.2 Å². The molecule has 0 atom stereocenters. The second-order valence-corrected chi connectivity index (χ2v) is 6.45. The highest BCUT2D eigenvalue weighted by Gasteiger charge is 2.32. The predicted molar refractivity (Wildman–Crippen MR) is 88.3 cm³/mol. The first kappa shape index (κ1) is 14.3. The molecule has 3 heterocycles. The van der Waals surface area contributed by atoms with Crippen molar-refractivity contribution in [1.29, 1.82) is 5.26 Å². The number of pyridine rings is 1. The summed E-state index contributed by atoms with van der Waals surface area (Å²) < 4.78 is 5.55. The molecule has 0 aromatic carbocycles. The van der Waals surface area contributed by atoms with Gasteiger partial charge in [0.25, 0.3) is 0 Å². The largest absolute Gasteiger partial charge is 0.552 e. The highest BCUT2D eigenvalue weighted by Crippen LogP contribution is 2.44. The molecule has 0 spiro atoms. The van der Waals surface area contributed by atoms with E-state index in [0.717, 1.165) is 42.3 Å². The van der Waals surface area contributed by atoms with Crippen LogP contribution in [-0.4, -0.2) is 22.1 Å². The van der Waals surface area contributed by atoms with Crippen molar-refractivity contribution in [3.05, 3.63) is 30.0 Å². The monoisotopic (exact) mass is 307 g/mol. The zero-order chi connectivity index (χ0) is 15.8. The minimum atomic E-state index is -0.910. The summed E-state index contributed by atoms with van der Waals surface area (Å²) >= 11 is 0. The van der Waals surface area contributed by atoms with Crippen molar-refractivity contribution in [2.45, 2.75) is 32.1 Å². The SMILES string of the molecule is N#CCC1CCC(C2=CB(O)Oc3cnc4[nH]ccc4c32)CC1. The van der Waals surface area contributed by atoms with Crippen LogP contribution in [0.5, 0.6) is 5.75 Å². The highest BCUT2D eigenvalue weighted by molar-refractivity contribution is 6.52. The molecular weight excluding hydrogens is 289 g/mol. The van der Waals surface area contributed by atoms with Crippen molar-refractivity contribution in [1.82, 2.24) is 9.97 Å². The highest BCUT2D eigenvalue weighted by atomic mass is 16.5. The van der Waals surface area contributed by atoms with Crippen LogP contribution >= 0.6 is 0 Å². The summed E-state index contributed by atoms with van der Waals surface area (Å²) in [4.78, 5) is 7.49. The number of nitrogens with zero attached hydrogens (tertiary/aromatic N) is 2. The lowest BCUT2D eigenvalue weighted by Gasteiger charge is -2.32. The number of allylic oxidation sites excluding steroid dienone is 1. The van der Waals surface area contributed by atoms with E-state index in [1.807, 2.05) is 18.2 Å². The van der Waals surface area contributed by atoms with Crippen LogP contribution in [0.1, 0.15) is 37.7 Å². The second kappa shape index (κ2) is 5.75. The van der Waals surface area contributed by atoms with Gasteiger partial charge in [0.2, 0.25) is 0 Å². The molecular formula is C17H18BN3O2. The Bertz CT molecular complexity index is 800. The molecule has 116 valence electrons. The van der Waals surface area contributed by atoms with Gasteiger partial charge in [-0.1, -0.05) is 0 Å². The van der Waals surface area contributed by atoms with E-state index in [2.05, 4.69) is 16.0 Å². The molecule has 0 saturated heterocycles. The van der Waals surface area contributed by atoms with Gasteiger partial charge in [-0.25, -0.2) is 4.98 Å². The lowest BCUT2D eigenvalue weighted by atomic mass is 9.71. The number of aromatic nitrogens is 2. The van der Waals surface area contributed by atoms with E-state index in [4.69, 9.17) is 9.92 Å². The second-order valence-electron chi connectivity index (χ2n) is 6.45. The maximum atomic E-state index is 10.0. The van der Waals surface area contributed by atoms with E-state index in [1.165, 1.54) is 5.57 Å². The minimum Gasteiger partial charge on any atom is -0.531 e. The van der Waals surface area contributed by atoms with Gasteiger partial charge in [-0.3, -0.25) is 0 Å². The molecule has 0 amide bonds. The zero-order valence-electron chi connectivity index (χ0n) is 12.8. The molecule has 23 heavy (non-hydrogen) atoms. The number of hydrogen-bond acceptors (Lipinski definition) is 4. The molecule has 2 aromatic rings. The molecule has 1 aliphatic carbocycles. The molecule has 0 unspecified atom stereocenters. The first-order valence-electron chi connectivity index (χ1n) is 8.16. The number of H-pyrrole nitrogens is 1. The standard InChI is InChI=1S/C17H18BN3O2/c19-7-5-11-1-3-12(4-2-11)14-9-18(22)23-15-10-21-17-13(16(14)15)6-8-20-17/h6,8-12,22H,1-5H2,(H,20,21). The average Bonchev–Trinajstić information content (AvgIpc) is 3.03. The summed E-state index contributed by atoms with van der Waals surface area (Å²) in [5.41, 5.74) is 3.07. The number of hydrogen-bond donors (Lipinski definition) is 2. The summed E-state index contributed by atoms with van der Waals surface area (Å²) in [5.74, 6) is 3.42. The Hall–Kier alpha value is -2.26. The van der Waals surface area contributed by atoms with Crippen molar-refractivity contribution in [3.8, 4) is 11.8 Å². The molecule has 1 saturated carbocycles. The minimum absolute atomic E-state index is 0.405. The van der Waals surface area contributed by atoms with Gasteiger partial charge in [-0.2, -0.15) is 5.26 Å². The Morgan fingerprint density at radius 1 is 1.39 bits per heavy atom. The van der Waals surface area contributed by atoms with Gasteiger partial charge in [0.05, 0.1) is 12.3 Å². The fraction of sp³-hybridized carbons (Fsp3) is 0.412. The van der Waals surface area contributed by atoms with Gasteiger partial charge < -0.3 is 14.7 Å². The number of nitriles is 1. The Morgan fingerprint density at radius 2 is 2.22 bits per heavy atom. The van der Waals surface area contributed by atoms with E-state index >= 15 is 0 Å². The van der Waals surface area contributed by atoms with Crippen LogP contribution in [0.25, 0.3) is 16.6 Å². The van der Waals surface area contributed by atoms with Crippen molar-refractivity contribution in [2.24, 2.45) is 11.8 Å². The number of nitrogens with one attached hydrogen (secondary N) is 1. The molecule has 2 N–H and O–H groups in total. The van der Waals surface area contributed by atoms with Crippen LogP contribution < -0.4 is 4.65 Å². The van der Waals surface area contributed by atoms with Crippen molar-refractivity contribution in [2.75, 3.05) is 0 Å². The summed E-state index contributed by atoms with van der Waals surface area (Å²) in [6.45, 7) is 0. The van der Waals surface area contributed by atoms with Crippen molar-refractivity contribution < 1.29 is 9.68 Å². The predicted octanol–water partition coefficient (Wildman–Crippen LogP) is 3.08. The summed E-state index contributed by atoms with van der Waals surface area (Å²) in [5, 5.41) is 20.0. The third kappa shape index (κ3) is 2.51. The van der Waals surface area contributed by atoms with Gasteiger partial charge in [-0.15, -0.1) is 0 Å². The summed E-state index contributed by atoms with van der Waals surface area (Å²) in [6, 6.07) is 4.30.